The molecule has 3 aromatic rings. The molecule has 0 bridgehead atoms. The van der Waals surface area contributed by atoms with E-state index < -0.39 is 0 Å². The standard InChI is InChI=1S/C23H25N3O4/c1-5-26-19-8-7-15(10-17(19)24-14(4)23(26)28)22(27)25-18-12-20-16(9-13(3)30-20)11-21(18)29-6-2/h7-8,10-13H,5-6,9H2,1-4H3,(H,25,27). The number of anilines is 1. The van der Waals surface area contributed by atoms with Crippen LogP contribution in [0.15, 0.2) is 35.1 Å². The molecule has 30 heavy (non-hydrogen) atoms. The SMILES string of the molecule is CCOc1cc2c(cc1NC(=O)c1ccc3c(c1)nc(C)c(=O)n3CC)OC(C)C2. The number of carbonyl (C=O) groups is 1. The maximum Gasteiger partial charge on any atom is 0.272 e. The normalized spacial score (nSPS) is 15.0. The molecule has 1 aliphatic heterocycles. The molecule has 0 saturated carbocycles. The highest BCUT2D eigenvalue weighted by Crippen LogP contribution is 2.38. The van der Waals surface area contributed by atoms with Gasteiger partial charge in [0.25, 0.3) is 11.5 Å². The lowest BCUT2D eigenvalue weighted by molar-refractivity contribution is 0.102. The van der Waals surface area contributed by atoms with Crippen molar-refractivity contribution < 1.29 is 14.3 Å². The highest BCUT2D eigenvalue weighted by Gasteiger charge is 2.23. The van der Waals surface area contributed by atoms with Gasteiger partial charge in [0.05, 0.1) is 23.3 Å². The Kier molecular flexibility index (Phi) is 5.20. The lowest BCUT2D eigenvalue weighted by Gasteiger charge is -2.14. The lowest BCUT2D eigenvalue weighted by Crippen LogP contribution is -2.23. The fourth-order valence-corrected chi connectivity index (χ4v) is 3.84. The first kappa shape index (κ1) is 19.9. The molecule has 4 rings (SSSR count). The molecule has 0 radical (unpaired) electrons. The zero-order chi connectivity index (χ0) is 21.4. The van der Waals surface area contributed by atoms with Gasteiger partial charge in [0, 0.05) is 30.2 Å². The quantitative estimate of drug-likeness (QED) is 0.697. The molecular formula is C23H25N3O4. The van der Waals surface area contributed by atoms with Crippen molar-refractivity contribution in [1.82, 2.24) is 9.55 Å². The van der Waals surface area contributed by atoms with Crippen LogP contribution in [0.5, 0.6) is 11.5 Å². The summed E-state index contributed by atoms with van der Waals surface area (Å²) in [5.74, 6) is 1.11. The highest BCUT2D eigenvalue weighted by molar-refractivity contribution is 6.06. The van der Waals surface area contributed by atoms with Crippen LogP contribution in [0.4, 0.5) is 5.69 Å². The van der Waals surface area contributed by atoms with Crippen LogP contribution in [0.3, 0.4) is 0 Å². The van der Waals surface area contributed by atoms with Crippen LogP contribution < -0.4 is 20.3 Å². The molecule has 1 atom stereocenters. The van der Waals surface area contributed by atoms with Crippen LogP contribution in [-0.4, -0.2) is 28.2 Å². The smallest absolute Gasteiger partial charge is 0.272 e. The average Bonchev–Trinajstić information content (AvgIpc) is 3.08. The van der Waals surface area contributed by atoms with E-state index in [1.807, 2.05) is 32.9 Å². The third kappa shape index (κ3) is 3.51. The highest BCUT2D eigenvalue weighted by atomic mass is 16.5. The number of nitrogens with one attached hydrogen (secondary N) is 1. The molecule has 7 nitrogen and oxygen atoms in total. The van der Waals surface area contributed by atoms with Gasteiger partial charge >= 0.3 is 0 Å². The van der Waals surface area contributed by atoms with Crippen molar-refractivity contribution in [3.05, 3.63) is 57.5 Å². The van der Waals surface area contributed by atoms with E-state index in [4.69, 9.17) is 9.47 Å². The summed E-state index contributed by atoms with van der Waals surface area (Å²) < 4.78 is 13.2. The average molecular weight is 407 g/mol. The molecule has 1 amide bonds. The molecule has 156 valence electrons. The van der Waals surface area contributed by atoms with Gasteiger partial charge in [-0.3, -0.25) is 9.59 Å². The molecule has 0 fully saturated rings. The van der Waals surface area contributed by atoms with E-state index in [1.165, 1.54) is 0 Å². The number of amides is 1. The molecule has 0 saturated heterocycles. The summed E-state index contributed by atoms with van der Waals surface area (Å²) in [5, 5.41) is 2.94. The van der Waals surface area contributed by atoms with Gasteiger partial charge in [0.2, 0.25) is 0 Å². The number of rotatable bonds is 5. The summed E-state index contributed by atoms with van der Waals surface area (Å²) in [5.41, 5.74) is 3.70. The molecule has 1 aliphatic rings. The van der Waals surface area contributed by atoms with Gasteiger partial charge in [-0.25, -0.2) is 4.98 Å². The Morgan fingerprint density at radius 3 is 2.83 bits per heavy atom. The van der Waals surface area contributed by atoms with Gasteiger partial charge < -0.3 is 19.4 Å². The maximum absolute atomic E-state index is 13.0. The summed E-state index contributed by atoms with van der Waals surface area (Å²) in [6.45, 7) is 8.54. The van der Waals surface area contributed by atoms with Crippen molar-refractivity contribution in [1.29, 1.82) is 0 Å². The molecule has 1 unspecified atom stereocenters. The van der Waals surface area contributed by atoms with Crippen molar-refractivity contribution in [2.24, 2.45) is 0 Å². The number of hydrogen-bond donors (Lipinski definition) is 1. The van der Waals surface area contributed by atoms with Gasteiger partial charge in [-0.1, -0.05) is 0 Å². The number of fused-ring (bicyclic) bond motifs is 2. The Balaban J connectivity index is 1.69. The number of carbonyl (C=O) groups excluding carboxylic acids is 1. The molecule has 1 aromatic heterocycles. The summed E-state index contributed by atoms with van der Waals surface area (Å²) in [6.07, 6.45) is 0.921. The minimum atomic E-state index is -0.280. The zero-order valence-electron chi connectivity index (χ0n) is 17.6. The molecule has 7 heteroatoms. The number of benzene rings is 2. The second-order valence-electron chi connectivity index (χ2n) is 7.43. The minimum Gasteiger partial charge on any atom is -0.492 e. The first-order chi connectivity index (χ1) is 14.4. The Bertz CT molecular complexity index is 1200. The monoisotopic (exact) mass is 407 g/mol. The molecule has 2 aromatic carbocycles. The van der Waals surface area contributed by atoms with Gasteiger partial charge in [-0.05, 0) is 52.0 Å². The van der Waals surface area contributed by atoms with Gasteiger partial charge in [-0.2, -0.15) is 0 Å². The van der Waals surface area contributed by atoms with Crippen LogP contribution >= 0.6 is 0 Å². The third-order valence-electron chi connectivity index (χ3n) is 5.23. The van der Waals surface area contributed by atoms with E-state index in [1.54, 1.807) is 29.7 Å². The molecule has 2 heterocycles. The van der Waals surface area contributed by atoms with Gasteiger partial charge in [-0.15, -0.1) is 0 Å². The van der Waals surface area contributed by atoms with Crippen LogP contribution in [0.2, 0.25) is 0 Å². The first-order valence-electron chi connectivity index (χ1n) is 10.2. The second-order valence-corrected chi connectivity index (χ2v) is 7.43. The topological polar surface area (TPSA) is 82.5 Å². The van der Waals surface area contributed by atoms with Crippen LogP contribution in [-0.2, 0) is 13.0 Å². The van der Waals surface area contributed by atoms with E-state index in [9.17, 15) is 9.59 Å². The third-order valence-corrected chi connectivity index (χ3v) is 5.23. The molecular weight excluding hydrogens is 382 g/mol. The van der Waals surface area contributed by atoms with E-state index in [0.29, 0.717) is 46.9 Å². The van der Waals surface area contributed by atoms with Crippen molar-refractivity contribution >= 4 is 22.6 Å². The predicted molar refractivity (Wildman–Crippen MR) is 116 cm³/mol. The lowest BCUT2D eigenvalue weighted by atomic mass is 10.1. The molecule has 0 aliphatic carbocycles. The van der Waals surface area contributed by atoms with E-state index >= 15 is 0 Å². The molecule has 0 spiro atoms. The summed E-state index contributed by atoms with van der Waals surface area (Å²) in [6, 6.07) is 8.92. The second kappa shape index (κ2) is 7.82. The fourth-order valence-electron chi connectivity index (χ4n) is 3.84. The number of nitrogens with zero attached hydrogens (tertiary/aromatic N) is 2. The minimum absolute atomic E-state index is 0.103. The molecule has 1 N–H and O–H groups in total. The van der Waals surface area contributed by atoms with Crippen LogP contribution in [0.25, 0.3) is 11.0 Å². The Labute approximate surface area is 174 Å². The zero-order valence-corrected chi connectivity index (χ0v) is 17.6. The van der Waals surface area contributed by atoms with E-state index in [0.717, 1.165) is 17.7 Å². The van der Waals surface area contributed by atoms with Crippen molar-refractivity contribution in [2.75, 3.05) is 11.9 Å². The van der Waals surface area contributed by atoms with Gasteiger partial charge in [0.1, 0.15) is 23.3 Å². The number of ether oxygens (including phenoxy) is 2. The Morgan fingerprint density at radius 2 is 2.10 bits per heavy atom. The number of aryl methyl sites for hydroxylation is 2. The number of hydrogen-bond acceptors (Lipinski definition) is 5. The summed E-state index contributed by atoms with van der Waals surface area (Å²) in [4.78, 5) is 29.6. The Hall–Kier alpha value is -3.35. The van der Waals surface area contributed by atoms with Crippen molar-refractivity contribution in [3.8, 4) is 11.5 Å². The fraction of sp³-hybridized carbons (Fsp3) is 0.348. The Morgan fingerprint density at radius 1 is 1.30 bits per heavy atom. The van der Waals surface area contributed by atoms with E-state index in [2.05, 4.69) is 10.3 Å². The van der Waals surface area contributed by atoms with Crippen molar-refractivity contribution in [2.45, 2.75) is 46.8 Å². The predicted octanol–water partition coefficient (Wildman–Crippen LogP) is 3.70. The summed E-state index contributed by atoms with van der Waals surface area (Å²) in [7, 11) is 0. The summed E-state index contributed by atoms with van der Waals surface area (Å²) >= 11 is 0. The van der Waals surface area contributed by atoms with Crippen LogP contribution in [0.1, 0.15) is 42.4 Å². The van der Waals surface area contributed by atoms with Crippen LogP contribution in [0, 0.1) is 6.92 Å². The van der Waals surface area contributed by atoms with E-state index in [-0.39, 0.29) is 17.6 Å². The first-order valence-corrected chi connectivity index (χ1v) is 10.2. The van der Waals surface area contributed by atoms with Gasteiger partial charge in [0.15, 0.2) is 0 Å². The number of aromatic nitrogens is 2. The maximum atomic E-state index is 13.0. The van der Waals surface area contributed by atoms with Crippen molar-refractivity contribution in [3.63, 3.8) is 0 Å². The largest absolute Gasteiger partial charge is 0.492 e.